The average molecular weight is 531 g/mol. The number of hydrogen-bond acceptors (Lipinski definition) is 2. The quantitative estimate of drug-likeness (QED) is 0.175. The molecule has 0 spiro atoms. The molecule has 1 aromatic rings. The van der Waals surface area contributed by atoms with Crippen LogP contribution in [-0.4, -0.2) is 16.2 Å². The predicted octanol–water partition coefficient (Wildman–Crippen LogP) is 11.1. The molecule has 0 aliphatic carbocycles. The Morgan fingerprint density at radius 3 is 1.42 bits per heavy atom. The number of benzene rings is 1. The summed E-state index contributed by atoms with van der Waals surface area (Å²) in [6.45, 7) is 16.9. The Kier molecular flexibility index (Phi) is 15.7. The van der Waals surface area contributed by atoms with Gasteiger partial charge in [0, 0.05) is 0 Å². The number of hydrogen-bond donors (Lipinski definition) is 2. The average Bonchev–Trinajstić information content (AvgIpc) is 2.82. The van der Waals surface area contributed by atoms with Gasteiger partial charge in [0.2, 0.25) is 0 Å². The molecule has 0 bridgehead atoms. The van der Waals surface area contributed by atoms with E-state index in [0.29, 0.717) is 12.2 Å². The van der Waals surface area contributed by atoms with Crippen LogP contribution in [0, 0.1) is 5.92 Å². The van der Waals surface area contributed by atoms with Gasteiger partial charge in [-0.1, -0.05) is 157 Å². The van der Waals surface area contributed by atoms with Gasteiger partial charge in [-0.3, -0.25) is 4.79 Å². The molecule has 3 heteroatoms. The first kappa shape index (κ1) is 34.5. The van der Waals surface area contributed by atoms with Gasteiger partial charge in [-0.15, -0.1) is 0 Å². The normalized spacial score (nSPS) is 14.0. The van der Waals surface area contributed by atoms with Crippen molar-refractivity contribution in [1.29, 1.82) is 0 Å². The molecule has 0 aliphatic heterocycles. The first-order valence-electron chi connectivity index (χ1n) is 15.9. The van der Waals surface area contributed by atoms with E-state index >= 15 is 0 Å². The number of aliphatic carboxylic acids is 1. The number of rotatable bonds is 19. The lowest BCUT2D eigenvalue weighted by molar-refractivity contribution is -0.141. The van der Waals surface area contributed by atoms with Crippen LogP contribution in [0.3, 0.4) is 0 Å². The van der Waals surface area contributed by atoms with Crippen LogP contribution < -0.4 is 0 Å². The van der Waals surface area contributed by atoms with Crippen molar-refractivity contribution in [1.82, 2.24) is 0 Å². The second-order valence-electron chi connectivity index (χ2n) is 14.0. The van der Waals surface area contributed by atoms with Crippen LogP contribution in [0.25, 0.3) is 0 Å². The zero-order valence-corrected chi connectivity index (χ0v) is 26.4. The van der Waals surface area contributed by atoms with Gasteiger partial charge in [0.05, 0.1) is 5.92 Å². The molecule has 3 nitrogen and oxygen atoms in total. The largest absolute Gasteiger partial charge is 0.507 e. The fraction of sp³-hybridized carbons (Fsp3) is 0.800. The maximum Gasteiger partial charge on any atom is 0.306 e. The summed E-state index contributed by atoms with van der Waals surface area (Å²) in [5.74, 6) is -0.505. The van der Waals surface area contributed by atoms with Gasteiger partial charge < -0.3 is 10.2 Å². The molecular weight excluding hydrogens is 468 g/mol. The van der Waals surface area contributed by atoms with Gasteiger partial charge in [0.25, 0.3) is 0 Å². The van der Waals surface area contributed by atoms with Crippen LogP contribution >= 0.6 is 0 Å². The van der Waals surface area contributed by atoms with Crippen LogP contribution in [0.15, 0.2) is 12.1 Å². The Balaban J connectivity index is 2.67. The van der Waals surface area contributed by atoms with Crippen molar-refractivity contribution in [3.8, 4) is 5.75 Å². The van der Waals surface area contributed by atoms with E-state index in [9.17, 15) is 15.0 Å². The van der Waals surface area contributed by atoms with E-state index < -0.39 is 5.97 Å². The molecule has 220 valence electrons. The predicted molar refractivity (Wildman–Crippen MR) is 165 cm³/mol. The number of phenolic OH excluding ortho intramolecular Hbond substituents is 1. The van der Waals surface area contributed by atoms with Crippen molar-refractivity contribution in [2.45, 2.75) is 175 Å². The summed E-state index contributed by atoms with van der Waals surface area (Å²) >= 11 is 0. The Morgan fingerprint density at radius 2 is 1.08 bits per heavy atom. The Hall–Kier alpha value is -1.51. The summed E-state index contributed by atoms with van der Waals surface area (Å²) < 4.78 is 0. The highest BCUT2D eigenvalue weighted by atomic mass is 16.4. The maximum atomic E-state index is 11.7. The lowest BCUT2D eigenvalue weighted by Gasteiger charge is -2.30. The lowest BCUT2D eigenvalue weighted by Crippen LogP contribution is -2.20. The van der Waals surface area contributed by atoms with Crippen LogP contribution in [0.5, 0.6) is 5.75 Å². The summed E-state index contributed by atoms with van der Waals surface area (Å²) in [6, 6.07) is 4.32. The van der Waals surface area contributed by atoms with Crippen molar-refractivity contribution in [3.05, 3.63) is 28.8 Å². The molecule has 1 rings (SSSR count). The molecule has 1 aromatic carbocycles. The minimum Gasteiger partial charge on any atom is -0.507 e. The second kappa shape index (κ2) is 17.2. The lowest BCUT2D eigenvalue weighted by atomic mass is 9.75. The molecule has 0 fully saturated rings. The van der Waals surface area contributed by atoms with Crippen molar-refractivity contribution >= 4 is 5.97 Å². The number of phenols is 1. The highest BCUT2D eigenvalue weighted by Gasteiger charge is 2.29. The van der Waals surface area contributed by atoms with Gasteiger partial charge in [-0.25, -0.2) is 0 Å². The summed E-state index contributed by atoms with van der Waals surface area (Å²) in [7, 11) is 0. The number of carbonyl (C=O) groups is 1. The molecule has 38 heavy (non-hydrogen) atoms. The zero-order valence-electron chi connectivity index (χ0n) is 26.4. The molecular formula is C35H62O3. The molecule has 2 atom stereocenters. The van der Waals surface area contributed by atoms with Gasteiger partial charge >= 0.3 is 5.97 Å². The topological polar surface area (TPSA) is 57.5 Å². The van der Waals surface area contributed by atoms with Gasteiger partial charge in [-0.2, -0.15) is 0 Å². The van der Waals surface area contributed by atoms with E-state index in [4.69, 9.17) is 0 Å². The van der Waals surface area contributed by atoms with E-state index in [1.54, 1.807) is 0 Å². The fourth-order valence-electron chi connectivity index (χ4n) is 5.57. The minimum absolute atomic E-state index is 0.182. The first-order chi connectivity index (χ1) is 17.8. The molecule has 0 amide bonds. The zero-order chi connectivity index (χ0) is 28.8. The van der Waals surface area contributed by atoms with Crippen LogP contribution in [0.2, 0.25) is 0 Å². The number of carboxylic acids is 1. The van der Waals surface area contributed by atoms with Crippen LogP contribution in [0.1, 0.15) is 181 Å². The first-order valence-corrected chi connectivity index (χ1v) is 15.9. The molecule has 0 aliphatic rings. The second-order valence-corrected chi connectivity index (χ2v) is 14.0. The molecule has 0 aromatic heterocycles. The van der Waals surface area contributed by atoms with E-state index in [1.807, 2.05) is 6.92 Å². The standard InChI is InChI=1S/C35H62O3/c1-9-10-11-12-13-14-15-16-17-18-19-20-21-22-23-28(24-27(2)33(37)38)29-25-30(34(3,4)5)32(36)31(26-29)35(6,7)8/h25-28,36H,9-24H2,1-8H3,(H,37,38). The molecule has 2 unspecified atom stereocenters. The summed E-state index contributed by atoms with van der Waals surface area (Å²) in [4.78, 5) is 11.7. The molecule has 0 saturated heterocycles. The Morgan fingerprint density at radius 1 is 0.711 bits per heavy atom. The summed E-state index contributed by atoms with van der Waals surface area (Å²) in [5, 5.41) is 20.8. The van der Waals surface area contributed by atoms with Gasteiger partial charge in [0.15, 0.2) is 0 Å². The van der Waals surface area contributed by atoms with Crippen LogP contribution in [-0.2, 0) is 15.6 Å². The van der Waals surface area contributed by atoms with E-state index in [0.717, 1.165) is 24.0 Å². The minimum atomic E-state index is -0.721. The smallest absolute Gasteiger partial charge is 0.306 e. The third kappa shape index (κ3) is 13.0. The van der Waals surface area contributed by atoms with Crippen molar-refractivity contribution < 1.29 is 15.0 Å². The van der Waals surface area contributed by atoms with E-state index in [2.05, 4.69) is 60.6 Å². The third-order valence-corrected chi connectivity index (χ3v) is 8.19. The summed E-state index contributed by atoms with van der Waals surface area (Å²) in [6.07, 6.45) is 20.4. The maximum absolute atomic E-state index is 11.7. The van der Waals surface area contributed by atoms with Gasteiger partial charge in [-0.05, 0) is 46.3 Å². The molecule has 0 radical (unpaired) electrons. The number of aromatic hydroxyl groups is 1. The van der Waals surface area contributed by atoms with Crippen molar-refractivity contribution in [2.24, 2.45) is 5.92 Å². The van der Waals surface area contributed by atoms with Crippen molar-refractivity contribution in [2.75, 3.05) is 0 Å². The fourth-order valence-corrected chi connectivity index (χ4v) is 5.57. The third-order valence-electron chi connectivity index (χ3n) is 8.19. The number of unbranched alkanes of at least 4 members (excludes halogenated alkanes) is 13. The number of carboxylic acid groups (broad SMARTS) is 1. The highest BCUT2D eigenvalue weighted by Crippen LogP contribution is 2.43. The summed E-state index contributed by atoms with van der Waals surface area (Å²) in [5.41, 5.74) is 2.76. The Labute approximate surface area is 236 Å². The monoisotopic (exact) mass is 530 g/mol. The molecule has 2 N–H and O–H groups in total. The molecule has 0 saturated carbocycles. The van der Waals surface area contributed by atoms with Crippen molar-refractivity contribution in [3.63, 3.8) is 0 Å². The van der Waals surface area contributed by atoms with Crippen LogP contribution in [0.4, 0.5) is 0 Å². The van der Waals surface area contributed by atoms with E-state index in [1.165, 1.54) is 89.0 Å². The van der Waals surface area contributed by atoms with Gasteiger partial charge in [0.1, 0.15) is 5.75 Å². The van der Waals surface area contributed by atoms with E-state index in [-0.39, 0.29) is 22.7 Å². The Bertz CT molecular complexity index is 761. The SMILES string of the molecule is CCCCCCCCCCCCCCCCC(CC(C)C(=O)O)c1cc(C(C)(C)C)c(O)c(C(C)(C)C)c1. The highest BCUT2D eigenvalue weighted by molar-refractivity contribution is 5.69. The molecule has 0 heterocycles.